The summed E-state index contributed by atoms with van der Waals surface area (Å²) < 4.78 is 9.65. The van der Waals surface area contributed by atoms with Crippen LogP contribution in [0.5, 0.6) is 5.75 Å². The normalized spacial score (nSPS) is 9.86. The zero-order valence-corrected chi connectivity index (χ0v) is 12.7. The van der Waals surface area contributed by atoms with Crippen LogP contribution in [0.1, 0.15) is 12.5 Å². The molecule has 21 heavy (non-hydrogen) atoms. The van der Waals surface area contributed by atoms with Gasteiger partial charge in [-0.2, -0.15) is 0 Å². The molecule has 6 heteroatoms. The number of ether oxygens (including phenoxy) is 2. The van der Waals surface area contributed by atoms with Gasteiger partial charge in [0.25, 0.3) is 0 Å². The van der Waals surface area contributed by atoms with Gasteiger partial charge < -0.3 is 19.7 Å². The molecule has 0 spiro atoms. The number of benzene rings is 1. The first-order valence-corrected chi connectivity index (χ1v) is 6.77. The molecule has 0 aromatic heterocycles. The van der Waals surface area contributed by atoms with Crippen molar-refractivity contribution >= 4 is 12.0 Å². The van der Waals surface area contributed by atoms with Gasteiger partial charge in [-0.1, -0.05) is 12.1 Å². The first-order chi connectivity index (χ1) is 10.1. The molecule has 1 aromatic rings. The molecule has 0 fully saturated rings. The zero-order chi connectivity index (χ0) is 15.7. The van der Waals surface area contributed by atoms with E-state index in [0.717, 1.165) is 17.7 Å². The lowest BCUT2D eigenvalue weighted by Gasteiger charge is -2.21. The molecule has 0 unspecified atom stereocenters. The smallest absolute Gasteiger partial charge is 0.406 e. The van der Waals surface area contributed by atoms with Crippen molar-refractivity contribution in [2.24, 2.45) is 0 Å². The number of nitrogens with zero attached hydrogens (tertiary/aromatic N) is 1. The molecule has 0 bridgehead atoms. The molecule has 2 amide bonds. The average Bonchev–Trinajstić information content (AvgIpc) is 2.50. The largest absolute Gasteiger partial charge is 0.497 e. The molecule has 1 rings (SSSR count). The number of rotatable bonds is 7. The number of carbonyl (C=O) groups is 2. The zero-order valence-electron chi connectivity index (χ0n) is 12.7. The minimum absolute atomic E-state index is 0.0236. The third-order valence-electron chi connectivity index (χ3n) is 3.09. The quantitative estimate of drug-likeness (QED) is 0.826. The summed E-state index contributed by atoms with van der Waals surface area (Å²) >= 11 is 0. The topological polar surface area (TPSA) is 67.9 Å². The number of carbonyl (C=O) groups excluding carboxylic acids is 2. The van der Waals surface area contributed by atoms with Crippen molar-refractivity contribution in [1.29, 1.82) is 0 Å². The van der Waals surface area contributed by atoms with Gasteiger partial charge >= 0.3 is 6.09 Å². The van der Waals surface area contributed by atoms with Crippen LogP contribution in [-0.2, 0) is 16.0 Å². The number of methoxy groups -OCH3 is 2. The predicted octanol–water partition coefficient (Wildman–Crippen LogP) is 1.44. The summed E-state index contributed by atoms with van der Waals surface area (Å²) in [5.74, 6) is 0.777. The predicted molar refractivity (Wildman–Crippen MR) is 79.4 cm³/mol. The third kappa shape index (κ3) is 6.16. The van der Waals surface area contributed by atoms with Crippen molar-refractivity contribution in [1.82, 2.24) is 10.2 Å². The van der Waals surface area contributed by atoms with Gasteiger partial charge in [0, 0.05) is 26.6 Å². The molecule has 0 saturated heterocycles. The summed E-state index contributed by atoms with van der Waals surface area (Å²) in [6.45, 7) is 2.92. The van der Waals surface area contributed by atoms with E-state index >= 15 is 0 Å². The second-order valence-corrected chi connectivity index (χ2v) is 4.53. The molecule has 1 aromatic carbocycles. The van der Waals surface area contributed by atoms with E-state index < -0.39 is 6.09 Å². The van der Waals surface area contributed by atoms with E-state index in [0.29, 0.717) is 19.6 Å². The molecule has 0 atom stereocenters. The SMILES string of the molecule is COC(=O)NCCN(CCc1cccc(OC)c1)C(C)=O. The monoisotopic (exact) mass is 294 g/mol. The maximum Gasteiger partial charge on any atom is 0.406 e. The van der Waals surface area contributed by atoms with Crippen LogP contribution in [0.15, 0.2) is 24.3 Å². The Hall–Kier alpha value is -2.24. The maximum atomic E-state index is 11.6. The minimum atomic E-state index is -0.494. The van der Waals surface area contributed by atoms with Crippen LogP contribution >= 0.6 is 0 Å². The Kier molecular flexibility index (Phi) is 7.08. The second kappa shape index (κ2) is 8.84. The minimum Gasteiger partial charge on any atom is -0.497 e. The van der Waals surface area contributed by atoms with E-state index in [1.54, 1.807) is 12.0 Å². The van der Waals surface area contributed by atoms with Gasteiger partial charge in [0.05, 0.1) is 14.2 Å². The Bertz CT molecular complexity index is 476. The molecule has 0 saturated carbocycles. The molecule has 0 aliphatic heterocycles. The molecule has 0 aliphatic carbocycles. The highest BCUT2D eigenvalue weighted by Crippen LogP contribution is 2.13. The van der Waals surface area contributed by atoms with E-state index in [1.165, 1.54) is 14.0 Å². The van der Waals surface area contributed by atoms with E-state index in [1.807, 2.05) is 24.3 Å². The number of alkyl carbamates (subject to hydrolysis) is 1. The lowest BCUT2D eigenvalue weighted by atomic mass is 10.1. The summed E-state index contributed by atoms with van der Waals surface area (Å²) in [5.41, 5.74) is 1.10. The second-order valence-electron chi connectivity index (χ2n) is 4.53. The molecule has 6 nitrogen and oxygen atoms in total. The number of hydrogen-bond acceptors (Lipinski definition) is 4. The molecule has 0 heterocycles. The highest BCUT2D eigenvalue weighted by Gasteiger charge is 2.09. The summed E-state index contributed by atoms with van der Waals surface area (Å²) in [5, 5.41) is 2.56. The molecule has 0 radical (unpaired) electrons. The lowest BCUT2D eigenvalue weighted by molar-refractivity contribution is -0.128. The van der Waals surface area contributed by atoms with Crippen LogP contribution in [0.2, 0.25) is 0 Å². The van der Waals surface area contributed by atoms with Gasteiger partial charge in [-0.25, -0.2) is 4.79 Å². The van der Waals surface area contributed by atoms with Crippen LogP contribution in [0.4, 0.5) is 4.79 Å². The standard InChI is InChI=1S/C15H22N2O4/c1-12(18)17(10-8-16-15(19)21-3)9-7-13-5-4-6-14(11-13)20-2/h4-6,11H,7-10H2,1-3H3,(H,16,19). The van der Waals surface area contributed by atoms with Gasteiger partial charge in [-0.3, -0.25) is 4.79 Å². The molecule has 0 aliphatic rings. The maximum absolute atomic E-state index is 11.6. The van der Waals surface area contributed by atoms with Crippen molar-refractivity contribution in [3.8, 4) is 5.75 Å². The van der Waals surface area contributed by atoms with Crippen molar-refractivity contribution in [3.63, 3.8) is 0 Å². The first kappa shape index (κ1) is 16.8. The Balaban J connectivity index is 2.46. The average molecular weight is 294 g/mol. The Morgan fingerprint density at radius 1 is 1.24 bits per heavy atom. The molecule has 1 N–H and O–H groups in total. The van der Waals surface area contributed by atoms with E-state index in [4.69, 9.17) is 4.74 Å². The van der Waals surface area contributed by atoms with Crippen molar-refractivity contribution < 1.29 is 19.1 Å². The summed E-state index contributed by atoms with van der Waals surface area (Å²) in [7, 11) is 2.93. The summed E-state index contributed by atoms with van der Waals surface area (Å²) in [4.78, 5) is 24.2. The fraction of sp³-hybridized carbons (Fsp3) is 0.467. The van der Waals surface area contributed by atoms with Gasteiger partial charge in [-0.15, -0.1) is 0 Å². The number of hydrogen-bond donors (Lipinski definition) is 1. The summed E-state index contributed by atoms with van der Waals surface area (Å²) in [6.07, 6.45) is 0.237. The fourth-order valence-corrected chi connectivity index (χ4v) is 1.88. The van der Waals surface area contributed by atoms with Crippen molar-refractivity contribution in [2.75, 3.05) is 33.9 Å². The van der Waals surface area contributed by atoms with Crippen molar-refractivity contribution in [2.45, 2.75) is 13.3 Å². The van der Waals surface area contributed by atoms with Crippen molar-refractivity contribution in [3.05, 3.63) is 29.8 Å². The summed E-state index contributed by atoms with van der Waals surface area (Å²) in [6, 6.07) is 7.75. The lowest BCUT2D eigenvalue weighted by Crippen LogP contribution is -2.38. The van der Waals surface area contributed by atoms with Crippen LogP contribution < -0.4 is 10.1 Å². The van der Waals surface area contributed by atoms with Gasteiger partial charge in [-0.05, 0) is 24.1 Å². The number of nitrogens with one attached hydrogen (secondary N) is 1. The Morgan fingerprint density at radius 2 is 2.00 bits per heavy atom. The van der Waals surface area contributed by atoms with Gasteiger partial charge in [0.1, 0.15) is 5.75 Å². The van der Waals surface area contributed by atoms with E-state index in [9.17, 15) is 9.59 Å². The molecular weight excluding hydrogens is 272 g/mol. The van der Waals surface area contributed by atoms with E-state index in [-0.39, 0.29) is 5.91 Å². The first-order valence-electron chi connectivity index (χ1n) is 6.77. The highest BCUT2D eigenvalue weighted by atomic mass is 16.5. The Labute approximate surface area is 125 Å². The molecular formula is C15H22N2O4. The van der Waals surface area contributed by atoms with Gasteiger partial charge in [0.2, 0.25) is 5.91 Å². The Morgan fingerprint density at radius 3 is 2.62 bits per heavy atom. The fourth-order valence-electron chi connectivity index (χ4n) is 1.88. The van der Waals surface area contributed by atoms with Crippen LogP contribution in [0.25, 0.3) is 0 Å². The third-order valence-corrected chi connectivity index (χ3v) is 3.09. The molecule has 116 valence electrons. The highest BCUT2D eigenvalue weighted by molar-refractivity contribution is 5.73. The van der Waals surface area contributed by atoms with Gasteiger partial charge in [0.15, 0.2) is 0 Å². The van der Waals surface area contributed by atoms with Crippen LogP contribution in [-0.4, -0.2) is 50.8 Å². The van der Waals surface area contributed by atoms with Crippen LogP contribution in [0, 0.1) is 0 Å². The number of amides is 2. The van der Waals surface area contributed by atoms with E-state index in [2.05, 4.69) is 10.1 Å². The van der Waals surface area contributed by atoms with Crippen LogP contribution in [0.3, 0.4) is 0 Å².